The highest BCUT2D eigenvalue weighted by atomic mass is 35.5. The van der Waals surface area contributed by atoms with Crippen LogP contribution in [-0.4, -0.2) is 23.9 Å². The van der Waals surface area contributed by atoms with Gasteiger partial charge in [0.15, 0.2) is 18.2 Å². The molecule has 0 saturated heterocycles. The van der Waals surface area contributed by atoms with Gasteiger partial charge in [0.2, 0.25) is 0 Å². The Morgan fingerprint density at radius 1 is 1.19 bits per heavy atom. The second-order valence-electron chi connectivity index (χ2n) is 5.78. The second-order valence-corrected chi connectivity index (χ2v) is 6.19. The van der Waals surface area contributed by atoms with E-state index in [9.17, 15) is 22.4 Å². The molecule has 0 aliphatic carbocycles. The van der Waals surface area contributed by atoms with Gasteiger partial charge in [-0.15, -0.1) is 0 Å². The quantitative estimate of drug-likeness (QED) is 0.647. The predicted molar refractivity (Wildman–Crippen MR) is 89.1 cm³/mol. The molecule has 0 saturated carbocycles. The minimum Gasteiger partial charge on any atom is -0.479 e. The average molecular weight is 391 g/mol. The summed E-state index contributed by atoms with van der Waals surface area (Å²) in [7, 11) is 0. The summed E-state index contributed by atoms with van der Waals surface area (Å²) < 4.78 is 56.2. The molecule has 0 heterocycles. The van der Waals surface area contributed by atoms with Crippen molar-refractivity contribution in [3.63, 3.8) is 0 Å². The van der Waals surface area contributed by atoms with Gasteiger partial charge in [-0.3, -0.25) is 0 Å². The summed E-state index contributed by atoms with van der Waals surface area (Å²) in [6.45, 7) is 0.735. The lowest BCUT2D eigenvalue weighted by atomic mass is 9.95. The molecule has 0 spiro atoms. The van der Waals surface area contributed by atoms with Gasteiger partial charge in [-0.25, -0.2) is 9.18 Å². The molecular formula is C18H15ClF4O3. The van der Waals surface area contributed by atoms with Gasteiger partial charge in [0, 0.05) is 5.02 Å². The van der Waals surface area contributed by atoms with E-state index >= 15 is 0 Å². The summed E-state index contributed by atoms with van der Waals surface area (Å²) in [6, 6.07) is 8.41. The zero-order valence-corrected chi connectivity index (χ0v) is 14.4. The van der Waals surface area contributed by atoms with Crippen LogP contribution in [0.2, 0.25) is 5.02 Å². The number of benzene rings is 2. The first-order valence-electron chi connectivity index (χ1n) is 7.57. The molecule has 0 radical (unpaired) electrons. The van der Waals surface area contributed by atoms with Crippen molar-refractivity contribution in [2.24, 2.45) is 0 Å². The van der Waals surface area contributed by atoms with Gasteiger partial charge in [0.05, 0.1) is 6.42 Å². The number of ether oxygens (including phenoxy) is 1. The number of rotatable bonds is 6. The normalized spacial score (nSPS) is 12.7. The summed E-state index contributed by atoms with van der Waals surface area (Å²) >= 11 is 6.13. The van der Waals surface area contributed by atoms with E-state index in [-0.39, 0.29) is 10.8 Å². The fourth-order valence-corrected chi connectivity index (χ4v) is 2.86. The average Bonchev–Trinajstić information content (AvgIpc) is 2.52. The maximum atomic E-state index is 13.7. The van der Waals surface area contributed by atoms with Crippen LogP contribution in [0.3, 0.4) is 0 Å². The van der Waals surface area contributed by atoms with E-state index in [1.165, 1.54) is 31.2 Å². The van der Waals surface area contributed by atoms with Crippen molar-refractivity contribution in [2.75, 3.05) is 6.61 Å². The second kappa shape index (κ2) is 7.95. The number of carbonyl (C=O) groups is 1. The standard InChI is InChI=1S/C18H15ClF4O3/c1-10(8-18(21,22)23)13-4-2-11(6-14(13)19)12-3-5-15(20)16(7-12)26-9-17(24)25/h2-7,10H,8-9H2,1H3,(H,24,25)/t10-/m1/s1. The van der Waals surface area contributed by atoms with Crippen LogP contribution >= 0.6 is 11.6 Å². The molecule has 3 nitrogen and oxygen atoms in total. The summed E-state index contributed by atoms with van der Waals surface area (Å²) in [6.07, 6.45) is -5.29. The molecule has 0 fully saturated rings. The molecular weight excluding hydrogens is 376 g/mol. The summed E-state index contributed by atoms with van der Waals surface area (Å²) in [4.78, 5) is 10.5. The number of hydrogen-bond donors (Lipinski definition) is 1. The van der Waals surface area contributed by atoms with Crippen LogP contribution in [0.25, 0.3) is 11.1 Å². The van der Waals surface area contributed by atoms with Crippen molar-refractivity contribution in [3.8, 4) is 16.9 Å². The van der Waals surface area contributed by atoms with E-state index in [4.69, 9.17) is 21.4 Å². The highest BCUT2D eigenvalue weighted by Crippen LogP contribution is 2.36. The third-order valence-electron chi connectivity index (χ3n) is 3.68. The van der Waals surface area contributed by atoms with Gasteiger partial charge >= 0.3 is 12.1 Å². The van der Waals surface area contributed by atoms with Crippen LogP contribution in [0.15, 0.2) is 36.4 Å². The summed E-state index contributed by atoms with van der Waals surface area (Å²) in [5.41, 5.74) is 1.39. The molecule has 1 N–H and O–H groups in total. The van der Waals surface area contributed by atoms with Gasteiger partial charge in [-0.1, -0.05) is 36.7 Å². The van der Waals surface area contributed by atoms with Gasteiger partial charge in [0.1, 0.15) is 0 Å². The monoisotopic (exact) mass is 390 g/mol. The van der Waals surface area contributed by atoms with Crippen molar-refractivity contribution in [3.05, 3.63) is 52.8 Å². The Balaban J connectivity index is 2.28. The van der Waals surface area contributed by atoms with E-state index < -0.39 is 36.9 Å². The van der Waals surface area contributed by atoms with Crippen molar-refractivity contribution >= 4 is 17.6 Å². The lowest BCUT2D eigenvalue weighted by Gasteiger charge is -2.16. The van der Waals surface area contributed by atoms with Crippen LogP contribution in [0, 0.1) is 5.82 Å². The van der Waals surface area contributed by atoms with Crippen molar-refractivity contribution in [1.82, 2.24) is 0 Å². The fourth-order valence-electron chi connectivity index (χ4n) is 2.50. The Morgan fingerprint density at radius 3 is 2.38 bits per heavy atom. The van der Waals surface area contributed by atoms with Gasteiger partial charge in [-0.2, -0.15) is 13.2 Å². The summed E-state index contributed by atoms with van der Waals surface area (Å²) in [5, 5.41) is 8.77. The topological polar surface area (TPSA) is 46.5 Å². The minimum absolute atomic E-state index is 0.163. The molecule has 0 unspecified atom stereocenters. The number of halogens is 5. The Kier molecular flexibility index (Phi) is 6.13. The number of aliphatic carboxylic acids is 1. The largest absolute Gasteiger partial charge is 0.479 e. The molecule has 140 valence electrons. The molecule has 2 aromatic rings. The smallest absolute Gasteiger partial charge is 0.389 e. The molecule has 0 bridgehead atoms. The Morgan fingerprint density at radius 2 is 1.81 bits per heavy atom. The van der Waals surface area contributed by atoms with Crippen LogP contribution < -0.4 is 4.74 Å². The molecule has 2 rings (SSSR count). The SMILES string of the molecule is C[C@H](CC(F)(F)F)c1ccc(-c2ccc(F)c(OCC(=O)O)c2)cc1Cl. The zero-order chi connectivity index (χ0) is 19.5. The lowest BCUT2D eigenvalue weighted by molar-refractivity contribution is -0.139. The Labute approximate surface area is 152 Å². The van der Waals surface area contributed by atoms with E-state index in [0.29, 0.717) is 16.7 Å². The number of hydrogen-bond acceptors (Lipinski definition) is 2. The van der Waals surface area contributed by atoms with E-state index in [0.717, 1.165) is 6.07 Å². The molecule has 1 atom stereocenters. The van der Waals surface area contributed by atoms with Crippen molar-refractivity contribution in [1.29, 1.82) is 0 Å². The molecule has 26 heavy (non-hydrogen) atoms. The molecule has 2 aromatic carbocycles. The van der Waals surface area contributed by atoms with Crippen LogP contribution in [0.5, 0.6) is 5.75 Å². The maximum absolute atomic E-state index is 13.7. The highest BCUT2D eigenvalue weighted by Gasteiger charge is 2.31. The van der Waals surface area contributed by atoms with Crippen LogP contribution in [0.4, 0.5) is 17.6 Å². The van der Waals surface area contributed by atoms with E-state index in [2.05, 4.69) is 0 Å². The predicted octanol–water partition coefficient (Wildman–Crippen LogP) is 5.67. The number of carboxylic acids is 1. The van der Waals surface area contributed by atoms with Crippen molar-refractivity contribution < 1.29 is 32.2 Å². The van der Waals surface area contributed by atoms with Gasteiger partial charge in [0.25, 0.3) is 0 Å². The van der Waals surface area contributed by atoms with E-state index in [1.807, 2.05) is 0 Å². The molecule has 0 amide bonds. The molecule has 0 aromatic heterocycles. The van der Waals surface area contributed by atoms with Crippen LogP contribution in [-0.2, 0) is 4.79 Å². The molecule has 0 aliphatic rings. The Bertz CT molecular complexity index is 806. The first-order valence-corrected chi connectivity index (χ1v) is 7.95. The fraction of sp³-hybridized carbons (Fsp3) is 0.278. The lowest BCUT2D eigenvalue weighted by Crippen LogP contribution is -2.12. The van der Waals surface area contributed by atoms with E-state index in [1.54, 1.807) is 6.07 Å². The van der Waals surface area contributed by atoms with Gasteiger partial charge in [-0.05, 0) is 40.8 Å². The number of carboxylic acid groups (broad SMARTS) is 1. The highest BCUT2D eigenvalue weighted by molar-refractivity contribution is 6.31. The Hall–Kier alpha value is -2.28. The zero-order valence-electron chi connectivity index (χ0n) is 13.6. The van der Waals surface area contributed by atoms with Gasteiger partial charge < -0.3 is 9.84 Å². The summed E-state index contributed by atoms with van der Waals surface area (Å²) in [5.74, 6) is -3.02. The van der Waals surface area contributed by atoms with Crippen LogP contribution in [0.1, 0.15) is 24.8 Å². The third kappa shape index (κ3) is 5.36. The first-order chi connectivity index (χ1) is 12.1. The number of alkyl halides is 3. The minimum atomic E-state index is -4.30. The third-order valence-corrected chi connectivity index (χ3v) is 4.01. The first kappa shape index (κ1) is 20.0. The van der Waals surface area contributed by atoms with Crippen molar-refractivity contribution in [2.45, 2.75) is 25.4 Å². The maximum Gasteiger partial charge on any atom is 0.389 e. The molecule has 8 heteroatoms. The molecule has 0 aliphatic heterocycles.